The van der Waals surface area contributed by atoms with Crippen molar-refractivity contribution in [1.82, 2.24) is 15.1 Å². The highest BCUT2D eigenvalue weighted by molar-refractivity contribution is 6.25. The summed E-state index contributed by atoms with van der Waals surface area (Å²) >= 11 is 0. The second-order valence-corrected chi connectivity index (χ2v) is 11.1. The molecular weight excluding hydrogens is 494 g/mol. The van der Waals surface area contributed by atoms with E-state index >= 15 is 0 Å². The van der Waals surface area contributed by atoms with E-state index in [0.29, 0.717) is 0 Å². The monoisotopic (exact) mass is 527 g/mol. The molecular formula is C27H33N3O8. The molecule has 0 spiro atoms. The molecule has 1 heterocycles. The van der Waals surface area contributed by atoms with Gasteiger partial charge in [-0.3, -0.25) is 24.2 Å². The summed E-state index contributed by atoms with van der Waals surface area (Å²) in [7, 11) is 3.18. The molecule has 11 heteroatoms. The Morgan fingerprint density at radius 1 is 1.13 bits per heavy atom. The average molecular weight is 528 g/mol. The lowest BCUT2D eigenvalue weighted by molar-refractivity contribution is -0.152. The minimum atomic E-state index is -2.72. The second-order valence-electron chi connectivity index (χ2n) is 11.1. The minimum absolute atomic E-state index is 0.143. The molecule has 3 aliphatic carbocycles. The van der Waals surface area contributed by atoms with E-state index in [9.17, 15) is 39.9 Å². The average Bonchev–Trinajstić information content (AvgIpc) is 3.37. The lowest BCUT2D eigenvalue weighted by Crippen LogP contribution is -2.65. The molecule has 1 saturated heterocycles. The molecule has 1 aromatic rings. The highest BCUT2D eigenvalue weighted by Crippen LogP contribution is 2.56. The summed E-state index contributed by atoms with van der Waals surface area (Å²) in [5, 5.41) is 59.2. The number of nitrogens with zero attached hydrogens (tertiary/aromatic N) is 2. The lowest BCUT2D eigenvalue weighted by Gasteiger charge is -2.52. The normalized spacial score (nSPS) is 33.4. The number of carbonyl (C=O) groups excluding carboxylic acids is 3. The van der Waals surface area contributed by atoms with Crippen LogP contribution in [0.4, 0.5) is 0 Å². The van der Waals surface area contributed by atoms with Gasteiger partial charge in [0.1, 0.15) is 22.8 Å². The van der Waals surface area contributed by atoms with Crippen molar-refractivity contribution >= 4 is 17.5 Å². The number of phenols is 1. The van der Waals surface area contributed by atoms with Crippen molar-refractivity contribution in [3.8, 4) is 5.75 Å². The SMILES string of the molecule is CN(C)[C@H]1C(O)=C(C(=O)NCN2CCCC2)C(=O)[C@]2(O)C(O)=C3C(=O)c4c(O)cccc4[C@](C)(O)[C@H]3C[C@H]12. The third-order valence-electron chi connectivity index (χ3n) is 8.66. The van der Waals surface area contributed by atoms with E-state index < -0.39 is 75.0 Å². The van der Waals surface area contributed by atoms with Crippen molar-refractivity contribution in [3.05, 3.63) is 52.0 Å². The zero-order valence-electron chi connectivity index (χ0n) is 21.6. The van der Waals surface area contributed by atoms with Gasteiger partial charge in [-0.15, -0.1) is 0 Å². The molecule has 1 aromatic carbocycles. The Bertz CT molecular complexity index is 1290. The van der Waals surface area contributed by atoms with Crippen molar-refractivity contribution < 1.29 is 39.9 Å². The quantitative estimate of drug-likeness (QED) is 0.303. The molecule has 6 N–H and O–H groups in total. The lowest BCUT2D eigenvalue weighted by atomic mass is 9.55. The number of aliphatic hydroxyl groups excluding tert-OH is 2. The summed E-state index contributed by atoms with van der Waals surface area (Å²) in [6, 6.07) is 3.16. The Morgan fingerprint density at radius 3 is 2.42 bits per heavy atom. The van der Waals surface area contributed by atoms with Crippen LogP contribution in [0.1, 0.15) is 42.1 Å². The number of likely N-dealkylation sites (tertiary alicyclic amines) is 1. The number of aliphatic hydroxyl groups is 4. The third kappa shape index (κ3) is 3.53. The number of fused-ring (bicyclic) bond motifs is 3. The summed E-state index contributed by atoms with van der Waals surface area (Å²) in [4.78, 5) is 44.0. The number of nitrogens with one attached hydrogen (secondary N) is 1. The summed E-state index contributed by atoms with van der Waals surface area (Å²) < 4.78 is 0. The van der Waals surface area contributed by atoms with E-state index in [-0.39, 0.29) is 24.2 Å². The number of likely N-dealkylation sites (N-methyl/N-ethyl adjacent to an activating group) is 1. The second kappa shape index (κ2) is 8.91. The van der Waals surface area contributed by atoms with Crippen LogP contribution >= 0.6 is 0 Å². The zero-order chi connectivity index (χ0) is 27.7. The van der Waals surface area contributed by atoms with Crippen LogP contribution in [0.3, 0.4) is 0 Å². The van der Waals surface area contributed by atoms with Crippen molar-refractivity contribution in [1.29, 1.82) is 0 Å². The van der Waals surface area contributed by atoms with Gasteiger partial charge < -0.3 is 30.8 Å². The summed E-state index contributed by atoms with van der Waals surface area (Å²) in [6.45, 7) is 3.12. The number of amides is 1. The molecule has 0 bridgehead atoms. The van der Waals surface area contributed by atoms with Gasteiger partial charge >= 0.3 is 0 Å². The highest BCUT2D eigenvalue weighted by Gasteiger charge is 2.65. The number of carbonyl (C=O) groups is 3. The van der Waals surface area contributed by atoms with Gasteiger partial charge in [0.05, 0.1) is 23.9 Å². The summed E-state index contributed by atoms with van der Waals surface area (Å²) in [6.07, 6.45) is 1.78. The third-order valence-corrected chi connectivity index (χ3v) is 8.66. The van der Waals surface area contributed by atoms with E-state index in [1.807, 2.05) is 4.90 Å². The van der Waals surface area contributed by atoms with Crippen LogP contribution in [0.5, 0.6) is 5.75 Å². The van der Waals surface area contributed by atoms with Crippen molar-refractivity contribution in [2.24, 2.45) is 11.8 Å². The fraction of sp³-hybridized carbons (Fsp3) is 0.519. The van der Waals surface area contributed by atoms with E-state index in [1.54, 1.807) is 14.1 Å². The maximum atomic E-state index is 13.8. The van der Waals surface area contributed by atoms with Crippen molar-refractivity contribution in [3.63, 3.8) is 0 Å². The minimum Gasteiger partial charge on any atom is -0.510 e. The maximum Gasteiger partial charge on any atom is 0.259 e. The predicted octanol–water partition coefficient (Wildman–Crippen LogP) is 0.470. The van der Waals surface area contributed by atoms with Gasteiger partial charge in [0.25, 0.3) is 5.91 Å². The molecule has 38 heavy (non-hydrogen) atoms. The number of benzene rings is 1. The summed E-state index contributed by atoms with van der Waals surface area (Å²) in [5.74, 6) is -7.17. The van der Waals surface area contributed by atoms with E-state index in [4.69, 9.17) is 0 Å². The molecule has 1 aliphatic heterocycles. The number of phenolic OH excluding ortho intramolecular Hbond substituents is 1. The number of rotatable bonds is 4. The van der Waals surface area contributed by atoms with Gasteiger partial charge in [0.2, 0.25) is 5.78 Å². The van der Waals surface area contributed by atoms with Crippen LogP contribution < -0.4 is 5.32 Å². The van der Waals surface area contributed by atoms with Gasteiger partial charge in [-0.2, -0.15) is 0 Å². The first-order valence-corrected chi connectivity index (χ1v) is 12.7. The number of ketones is 2. The van der Waals surface area contributed by atoms with E-state index in [0.717, 1.165) is 25.9 Å². The smallest absolute Gasteiger partial charge is 0.259 e. The largest absolute Gasteiger partial charge is 0.510 e. The number of Topliss-reactive ketones (excluding diaryl/α,β-unsaturated/α-hetero) is 2. The molecule has 0 saturated carbocycles. The van der Waals surface area contributed by atoms with Crippen LogP contribution in [0.25, 0.3) is 0 Å². The molecule has 5 atom stereocenters. The topological polar surface area (TPSA) is 171 Å². The first-order chi connectivity index (χ1) is 17.8. The van der Waals surface area contributed by atoms with Crippen LogP contribution in [0.15, 0.2) is 40.9 Å². The zero-order valence-corrected chi connectivity index (χ0v) is 21.6. The number of aromatic hydroxyl groups is 1. The van der Waals surface area contributed by atoms with Crippen molar-refractivity contribution in [2.75, 3.05) is 33.9 Å². The number of hydrogen-bond acceptors (Lipinski definition) is 10. The number of hydrogen-bond donors (Lipinski definition) is 6. The molecule has 1 amide bonds. The Labute approximate surface area is 219 Å². The summed E-state index contributed by atoms with van der Waals surface area (Å²) in [5.41, 5.74) is -5.65. The Kier molecular flexibility index (Phi) is 6.18. The molecule has 0 unspecified atom stereocenters. The maximum absolute atomic E-state index is 13.8. The van der Waals surface area contributed by atoms with E-state index in [2.05, 4.69) is 5.32 Å². The van der Waals surface area contributed by atoms with Crippen LogP contribution in [-0.2, 0) is 15.2 Å². The Morgan fingerprint density at radius 2 is 1.79 bits per heavy atom. The van der Waals surface area contributed by atoms with Crippen LogP contribution in [-0.4, -0.2) is 98.3 Å². The molecule has 0 radical (unpaired) electrons. The molecule has 1 fully saturated rings. The van der Waals surface area contributed by atoms with E-state index in [1.165, 1.54) is 30.0 Å². The highest BCUT2D eigenvalue weighted by atomic mass is 16.3. The van der Waals surface area contributed by atoms with Gasteiger partial charge in [-0.05, 0) is 65.0 Å². The van der Waals surface area contributed by atoms with Crippen molar-refractivity contribution in [2.45, 2.75) is 43.4 Å². The molecule has 4 aliphatic rings. The van der Waals surface area contributed by atoms with Crippen LogP contribution in [0, 0.1) is 11.8 Å². The predicted molar refractivity (Wildman–Crippen MR) is 134 cm³/mol. The Balaban J connectivity index is 1.64. The molecule has 5 rings (SSSR count). The Hall–Kier alpha value is -3.25. The van der Waals surface area contributed by atoms with Crippen LogP contribution in [0.2, 0.25) is 0 Å². The molecule has 204 valence electrons. The first-order valence-electron chi connectivity index (χ1n) is 12.7. The van der Waals surface area contributed by atoms with Gasteiger partial charge in [0.15, 0.2) is 11.4 Å². The fourth-order valence-electron chi connectivity index (χ4n) is 6.70. The van der Waals surface area contributed by atoms with Gasteiger partial charge in [-0.1, -0.05) is 12.1 Å². The molecule has 11 nitrogen and oxygen atoms in total. The first kappa shape index (κ1) is 26.4. The fourth-order valence-corrected chi connectivity index (χ4v) is 6.70. The van der Waals surface area contributed by atoms with Gasteiger partial charge in [0, 0.05) is 17.4 Å². The molecule has 0 aromatic heterocycles. The van der Waals surface area contributed by atoms with Gasteiger partial charge in [-0.25, -0.2) is 0 Å². The standard InChI is InChI=1S/C27H33N3O8/c1-26(37)13-7-6-8-16(31)17(13)21(32)18-14(26)11-15-20(29(2)3)22(33)19(24(35)27(15,38)23(18)34)25(36)28-12-30-9-4-5-10-30/h6-8,14-15,20,31,33-34,37-38H,4-5,9-12H2,1-3H3,(H,28,36)/t14-,15+,20+,26-,27+/m0/s1.